The maximum atomic E-state index is 14.8. The van der Waals surface area contributed by atoms with Crippen LogP contribution in [0.3, 0.4) is 0 Å². The SMILES string of the molecule is CCCCOc1nc(N)c2nc(Cc3ccc(OC4C[C@H]5CC[C@@H](C4)N5)cc3F)cn2n1. The molecular weight excluding hydrogens is 411 g/mol. The third kappa shape index (κ3) is 4.48. The number of benzene rings is 1. The summed E-state index contributed by atoms with van der Waals surface area (Å²) in [4.78, 5) is 8.64. The molecule has 1 aromatic carbocycles. The topological polar surface area (TPSA) is 99.6 Å². The number of fused-ring (bicyclic) bond motifs is 3. The Morgan fingerprint density at radius 2 is 2.03 bits per heavy atom. The third-order valence-corrected chi connectivity index (χ3v) is 6.23. The molecule has 0 amide bonds. The normalized spacial score (nSPS) is 22.4. The number of aromatic nitrogens is 4. The predicted molar refractivity (Wildman–Crippen MR) is 118 cm³/mol. The van der Waals surface area contributed by atoms with Gasteiger partial charge in [-0.25, -0.2) is 13.9 Å². The van der Waals surface area contributed by atoms with Gasteiger partial charge in [0, 0.05) is 24.6 Å². The number of nitrogen functional groups attached to an aromatic ring is 1. The molecule has 0 radical (unpaired) electrons. The summed E-state index contributed by atoms with van der Waals surface area (Å²) in [7, 11) is 0. The minimum atomic E-state index is -0.306. The average Bonchev–Trinajstić information content (AvgIpc) is 3.33. The summed E-state index contributed by atoms with van der Waals surface area (Å²) in [6.07, 6.45) is 8.49. The van der Waals surface area contributed by atoms with Crippen molar-refractivity contribution in [2.75, 3.05) is 12.3 Å². The van der Waals surface area contributed by atoms with E-state index in [-0.39, 0.29) is 23.7 Å². The van der Waals surface area contributed by atoms with Gasteiger partial charge in [0.1, 0.15) is 17.7 Å². The van der Waals surface area contributed by atoms with Crippen molar-refractivity contribution in [3.05, 3.63) is 41.5 Å². The maximum absolute atomic E-state index is 14.8. The predicted octanol–water partition coefficient (Wildman–Crippen LogP) is 3.28. The minimum Gasteiger partial charge on any atom is -0.490 e. The van der Waals surface area contributed by atoms with E-state index >= 15 is 0 Å². The van der Waals surface area contributed by atoms with Gasteiger partial charge >= 0.3 is 6.01 Å². The van der Waals surface area contributed by atoms with Crippen molar-refractivity contribution < 1.29 is 13.9 Å². The van der Waals surface area contributed by atoms with E-state index in [1.165, 1.54) is 18.9 Å². The molecule has 3 aromatic rings. The van der Waals surface area contributed by atoms with E-state index in [1.807, 2.05) is 6.07 Å². The summed E-state index contributed by atoms with van der Waals surface area (Å²) in [5.41, 5.74) is 7.65. The van der Waals surface area contributed by atoms with E-state index in [2.05, 4.69) is 27.3 Å². The van der Waals surface area contributed by atoms with Gasteiger partial charge < -0.3 is 20.5 Å². The van der Waals surface area contributed by atoms with Gasteiger partial charge in [0.25, 0.3) is 0 Å². The molecule has 2 aliphatic rings. The van der Waals surface area contributed by atoms with Crippen molar-refractivity contribution in [2.45, 2.75) is 70.1 Å². The molecule has 0 aliphatic carbocycles. The Labute approximate surface area is 186 Å². The number of nitrogens with two attached hydrogens (primary N) is 1. The highest BCUT2D eigenvalue weighted by Crippen LogP contribution is 2.30. The molecule has 2 fully saturated rings. The molecule has 9 heteroatoms. The van der Waals surface area contributed by atoms with Crippen LogP contribution in [0, 0.1) is 5.82 Å². The molecule has 4 heterocycles. The van der Waals surface area contributed by atoms with Crippen molar-refractivity contribution in [2.24, 2.45) is 0 Å². The van der Waals surface area contributed by atoms with Crippen LogP contribution in [0.15, 0.2) is 24.4 Å². The second-order valence-corrected chi connectivity index (χ2v) is 8.76. The van der Waals surface area contributed by atoms with Crippen LogP contribution in [0.1, 0.15) is 56.7 Å². The van der Waals surface area contributed by atoms with Crippen molar-refractivity contribution in [1.29, 1.82) is 0 Å². The van der Waals surface area contributed by atoms with Gasteiger partial charge in [-0.05, 0) is 43.7 Å². The van der Waals surface area contributed by atoms with Gasteiger partial charge in [-0.2, -0.15) is 4.98 Å². The summed E-state index contributed by atoms with van der Waals surface area (Å²) in [6.45, 7) is 2.61. The van der Waals surface area contributed by atoms with Crippen molar-refractivity contribution in [3.63, 3.8) is 0 Å². The van der Waals surface area contributed by atoms with Gasteiger partial charge in [0.15, 0.2) is 11.5 Å². The zero-order chi connectivity index (χ0) is 22.1. The summed E-state index contributed by atoms with van der Waals surface area (Å²) in [5.74, 6) is 0.508. The van der Waals surface area contributed by atoms with E-state index in [9.17, 15) is 4.39 Å². The summed E-state index contributed by atoms with van der Waals surface area (Å²) in [5, 5.41) is 7.91. The Bertz CT molecular complexity index is 1090. The second-order valence-electron chi connectivity index (χ2n) is 8.76. The largest absolute Gasteiger partial charge is 0.490 e. The van der Waals surface area contributed by atoms with E-state index in [0.717, 1.165) is 25.7 Å². The average molecular weight is 441 g/mol. The number of rotatable bonds is 8. The molecule has 5 rings (SSSR count). The molecule has 3 N–H and O–H groups in total. The van der Waals surface area contributed by atoms with Crippen LogP contribution < -0.4 is 20.5 Å². The monoisotopic (exact) mass is 440 g/mol. The highest BCUT2D eigenvalue weighted by molar-refractivity contribution is 5.59. The van der Waals surface area contributed by atoms with Gasteiger partial charge in [-0.15, -0.1) is 5.10 Å². The second kappa shape index (κ2) is 8.90. The quantitative estimate of drug-likeness (QED) is 0.519. The molecular formula is C23H29FN6O2. The number of piperidine rings is 1. The molecule has 2 aliphatic heterocycles. The standard InChI is InChI=1S/C23H29FN6O2/c1-2-3-8-31-23-28-21(25)22-27-17(13-30(22)29-23)9-14-4-7-18(12-20(14)24)32-19-10-15-5-6-16(11-19)26-15/h4,7,12-13,15-16,19,26H,2-3,5-6,8-11H2,1H3,(H2,25,28,29)/t15-,16+,19?. The molecule has 0 spiro atoms. The first kappa shape index (κ1) is 20.9. The van der Waals surface area contributed by atoms with Gasteiger partial charge in [-0.1, -0.05) is 19.4 Å². The van der Waals surface area contributed by atoms with Crippen molar-refractivity contribution in [3.8, 4) is 11.8 Å². The molecule has 0 saturated carbocycles. The van der Waals surface area contributed by atoms with Crippen LogP contribution in [-0.4, -0.2) is 44.4 Å². The number of hydrogen-bond acceptors (Lipinski definition) is 7. The number of hydrogen-bond donors (Lipinski definition) is 2. The van der Waals surface area contributed by atoms with E-state index < -0.39 is 0 Å². The zero-order valence-electron chi connectivity index (χ0n) is 18.3. The molecule has 2 bridgehead atoms. The van der Waals surface area contributed by atoms with E-state index in [1.54, 1.807) is 16.8 Å². The van der Waals surface area contributed by atoms with Crippen LogP contribution in [0.2, 0.25) is 0 Å². The molecule has 8 nitrogen and oxygen atoms in total. The minimum absolute atomic E-state index is 0.146. The molecule has 3 atom stereocenters. The number of ether oxygens (including phenoxy) is 2. The van der Waals surface area contributed by atoms with Crippen LogP contribution >= 0.6 is 0 Å². The molecule has 32 heavy (non-hydrogen) atoms. The molecule has 2 saturated heterocycles. The number of unbranched alkanes of at least 4 members (excludes halogenated alkanes) is 1. The van der Waals surface area contributed by atoms with E-state index in [0.29, 0.717) is 47.8 Å². The lowest BCUT2D eigenvalue weighted by Crippen LogP contribution is -2.42. The van der Waals surface area contributed by atoms with Crippen LogP contribution in [0.4, 0.5) is 10.2 Å². The Balaban J connectivity index is 1.27. The zero-order valence-corrected chi connectivity index (χ0v) is 18.3. The highest BCUT2D eigenvalue weighted by Gasteiger charge is 2.34. The Hall–Kier alpha value is -2.94. The number of anilines is 1. The first-order chi connectivity index (χ1) is 15.6. The summed E-state index contributed by atoms with van der Waals surface area (Å²) >= 11 is 0. The van der Waals surface area contributed by atoms with Crippen molar-refractivity contribution in [1.82, 2.24) is 24.9 Å². The Morgan fingerprint density at radius 3 is 2.78 bits per heavy atom. The molecule has 1 unspecified atom stereocenters. The van der Waals surface area contributed by atoms with Crippen LogP contribution in [0.5, 0.6) is 11.8 Å². The van der Waals surface area contributed by atoms with Gasteiger partial charge in [0.2, 0.25) is 0 Å². The lowest BCUT2D eigenvalue weighted by atomic mass is 10.0. The first-order valence-electron chi connectivity index (χ1n) is 11.4. The highest BCUT2D eigenvalue weighted by atomic mass is 19.1. The maximum Gasteiger partial charge on any atom is 0.336 e. The number of nitrogens with one attached hydrogen (secondary N) is 1. The molecule has 170 valence electrons. The fourth-order valence-corrected chi connectivity index (χ4v) is 4.62. The molecule has 2 aromatic heterocycles. The van der Waals surface area contributed by atoms with Crippen molar-refractivity contribution >= 4 is 11.5 Å². The number of imidazole rings is 1. The van der Waals surface area contributed by atoms with E-state index in [4.69, 9.17) is 15.2 Å². The fraction of sp³-hybridized carbons (Fsp3) is 0.522. The first-order valence-corrected chi connectivity index (χ1v) is 11.4. The van der Waals surface area contributed by atoms with Gasteiger partial charge in [-0.3, -0.25) is 0 Å². The number of halogens is 1. The smallest absolute Gasteiger partial charge is 0.336 e. The van der Waals surface area contributed by atoms with Crippen LogP contribution in [-0.2, 0) is 6.42 Å². The Kier molecular flexibility index (Phi) is 5.82. The van der Waals surface area contributed by atoms with Crippen LogP contribution in [0.25, 0.3) is 5.65 Å². The fourth-order valence-electron chi connectivity index (χ4n) is 4.62. The summed E-state index contributed by atoms with van der Waals surface area (Å²) < 4.78 is 28.0. The lowest BCUT2D eigenvalue weighted by molar-refractivity contribution is 0.137. The Morgan fingerprint density at radius 1 is 1.22 bits per heavy atom. The third-order valence-electron chi connectivity index (χ3n) is 6.23. The lowest BCUT2D eigenvalue weighted by Gasteiger charge is -2.29. The number of nitrogens with zero attached hydrogens (tertiary/aromatic N) is 4. The van der Waals surface area contributed by atoms with Gasteiger partial charge in [0.05, 0.1) is 18.5 Å². The summed E-state index contributed by atoms with van der Waals surface area (Å²) in [6, 6.07) is 6.36.